The Morgan fingerprint density at radius 1 is 0.581 bits per heavy atom. The van der Waals surface area contributed by atoms with E-state index in [2.05, 4.69) is 136 Å². The van der Waals surface area contributed by atoms with Crippen LogP contribution in [0.5, 0.6) is 0 Å². The SMILES string of the molecule is CC.CC.Cc1cccc(C)c1N1c2ccccc2C2(C(c3ccccn3)=C(C(C)C)c3ccccc32)c2ccccc21. The third-order valence-corrected chi connectivity index (χ3v) is 8.52. The van der Waals surface area contributed by atoms with Gasteiger partial charge in [-0.1, -0.05) is 126 Å². The van der Waals surface area contributed by atoms with Gasteiger partial charge in [0, 0.05) is 11.8 Å². The van der Waals surface area contributed by atoms with E-state index in [-0.39, 0.29) is 0 Å². The van der Waals surface area contributed by atoms with Gasteiger partial charge in [0.2, 0.25) is 0 Å². The molecule has 0 bridgehead atoms. The fourth-order valence-electron chi connectivity index (χ4n) is 7.16. The van der Waals surface area contributed by atoms with E-state index in [1.807, 2.05) is 40.0 Å². The molecule has 1 spiro atoms. The summed E-state index contributed by atoms with van der Waals surface area (Å²) in [4.78, 5) is 7.50. The van der Waals surface area contributed by atoms with Gasteiger partial charge in [0.15, 0.2) is 0 Å². The molecule has 0 fully saturated rings. The molecule has 2 nitrogen and oxygen atoms in total. The number of nitrogens with zero attached hydrogens (tertiary/aromatic N) is 2. The quantitative estimate of drug-likeness (QED) is 0.217. The zero-order chi connectivity index (χ0) is 30.7. The molecular formula is C41H44N2. The second-order valence-corrected chi connectivity index (χ2v) is 11.1. The Balaban J connectivity index is 0.000000885. The van der Waals surface area contributed by atoms with E-state index in [1.54, 1.807) is 0 Å². The average molecular weight is 565 g/mol. The van der Waals surface area contributed by atoms with Crippen LogP contribution in [0.4, 0.5) is 17.1 Å². The molecule has 4 aromatic carbocycles. The van der Waals surface area contributed by atoms with E-state index in [9.17, 15) is 0 Å². The van der Waals surface area contributed by atoms with Gasteiger partial charge in [0.1, 0.15) is 0 Å². The first-order valence-electron chi connectivity index (χ1n) is 15.9. The molecule has 1 aliphatic heterocycles. The summed E-state index contributed by atoms with van der Waals surface area (Å²) in [6.45, 7) is 17.1. The Hall–Kier alpha value is -4.43. The van der Waals surface area contributed by atoms with Gasteiger partial charge in [0.05, 0.1) is 28.2 Å². The van der Waals surface area contributed by atoms with Crippen LogP contribution in [-0.4, -0.2) is 4.98 Å². The van der Waals surface area contributed by atoms with E-state index in [0.29, 0.717) is 5.92 Å². The molecule has 0 amide bonds. The van der Waals surface area contributed by atoms with Gasteiger partial charge in [-0.2, -0.15) is 0 Å². The molecule has 43 heavy (non-hydrogen) atoms. The highest BCUT2D eigenvalue weighted by molar-refractivity contribution is 6.09. The monoisotopic (exact) mass is 564 g/mol. The molecule has 2 aliphatic rings. The minimum Gasteiger partial charge on any atom is -0.309 e. The van der Waals surface area contributed by atoms with E-state index in [0.717, 1.165) is 5.69 Å². The molecule has 2 heteroatoms. The van der Waals surface area contributed by atoms with Crippen molar-refractivity contribution in [3.05, 3.63) is 154 Å². The number of fused-ring (bicyclic) bond motifs is 6. The Kier molecular flexibility index (Phi) is 8.69. The predicted molar refractivity (Wildman–Crippen MR) is 186 cm³/mol. The smallest absolute Gasteiger partial charge is 0.0772 e. The standard InChI is InChI=1S/C37H32N2.2C2H6/c1-24(2)34-27-16-5-6-17-28(27)37(35(34)31-20-11-12-23-38-31)29-18-7-9-21-32(29)39(33-22-10-8-19-30(33)37)36-25(3)14-13-15-26(36)4;2*1-2/h5-24H,1-4H3;2*1-2H3. The van der Waals surface area contributed by atoms with E-state index in [4.69, 9.17) is 4.98 Å². The maximum atomic E-state index is 5.01. The summed E-state index contributed by atoms with van der Waals surface area (Å²) in [7, 11) is 0. The van der Waals surface area contributed by atoms with Crippen molar-refractivity contribution in [3.8, 4) is 0 Å². The molecule has 5 aromatic rings. The molecule has 1 aromatic heterocycles. The third-order valence-electron chi connectivity index (χ3n) is 8.52. The first-order chi connectivity index (χ1) is 21.0. The number of pyridine rings is 1. The van der Waals surface area contributed by atoms with Crippen molar-refractivity contribution in [3.63, 3.8) is 0 Å². The lowest BCUT2D eigenvalue weighted by atomic mass is 9.63. The van der Waals surface area contributed by atoms with Gasteiger partial charge in [-0.25, -0.2) is 0 Å². The largest absolute Gasteiger partial charge is 0.309 e. The minimum absolute atomic E-state index is 0.332. The second-order valence-electron chi connectivity index (χ2n) is 11.1. The molecule has 1 aliphatic carbocycles. The molecule has 0 atom stereocenters. The number of hydrogen-bond acceptors (Lipinski definition) is 2. The third kappa shape index (κ3) is 4.52. The number of hydrogen-bond donors (Lipinski definition) is 0. The van der Waals surface area contributed by atoms with E-state index in [1.165, 1.54) is 61.6 Å². The normalized spacial score (nSPS) is 13.8. The van der Waals surface area contributed by atoms with E-state index >= 15 is 0 Å². The first kappa shape index (κ1) is 30.0. The van der Waals surface area contributed by atoms with Crippen LogP contribution in [0.3, 0.4) is 0 Å². The summed E-state index contributed by atoms with van der Waals surface area (Å²) in [5, 5.41) is 0. The molecule has 2 heterocycles. The summed E-state index contributed by atoms with van der Waals surface area (Å²) in [5.41, 5.74) is 14.8. The second kappa shape index (κ2) is 12.4. The summed E-state index contributed by atoms with van der Waals surface area (Å²) < 4.78 is 0. The predicted octanol–water partition coefficient (Wildman–Crippen LogP) is 11.4. The number of aryl methyl sites for hydroxylation is 2. The summed E-state index contributed by atoms with van der Waals surface area (Å²) in [6.07, 6.45) is 1.93. The van der Waals surface area contributed by atoms with Crippen molar-refractivity contribution in [2.24, 2.45) is 5.92 Å². The Bertz CT molecular complexity index is 1690. The van der Waals surface area contributed by atoms with Crippen LogP contribution in [0.2, 0.25) is 0 Å². The molecule has 0 N–H and O–H groups in total. The summed E-state index contributed by atoms with van der Waals surface area (Å²) in [6, 6.07) is 40.0. The first-order valence-corrected chi connectivity index (χ1v) is 15.9. The number of anilines is 3. The molecule has 0 unspecified atom stereocenters. The zero-order valence-corrected chi connectivity index (χ0v) is 26.9. The van der Waals surface area contributed by atoms with Crippen molar-refractivity contribution in [2.75, 3.05) is 4.90 Å². The molecular weight excluding hydrogens is 520 g/mol. The van der Waals surface area contributed by atoms with Gasteiger partial charge in [-0.3, -0.25) is 4.98 Å². The van der Waals surface area contributed by atoms with Crippen LogP contribution < -0.4 is 4.90 Å². The number of benzene rings is 4. The zero-order valence-electron chi connectivity index (χ0n) is 26.9. The lowest BCUT2D eigenvalue weighted by molar-refractivity contribution is 0.787. The van der Waals surface area contributed by atoms with Crippen LogP contribution >= 0.6 is 0 Å². The average Bonchev–Trinajstić information content (AvgIpc) is 3.37. The van der Waals surface area contributed by atoms with E-state index < -0.39 is 5.41 Å². The molecule has 0 saturated carbocycles. The Morgan fingerprint density at radius 2 is 1.09 bits per heavy atom. The highest BCUT2D eigenvalue weighted by Crippen LogP contribution is 2.65. The van der Waals surface area contributed by atoms with Gasteiger partial charge in [0.25, 0.3) is 0 Å². The van der Waals surface area contributed by atoms with Gasteiger partial charge in [-0.15, -0.1) is 0 Å². The lowest BCUT2D eigenvalue weighted by Gasteiger charge is -2.46. The molecule has 0 saturated heterocycles. The maximum absolute atomic E-state index is 5.01. The highest BCUT2D eigenvalue weighted by Gasteiger charge is 2.54. The summed E-state index contributed by atoms with van der Waals surface area (Å²) in [5.74, 6) is 0.332. The Labute approximate surface area is 258 Å². The number of para-hydroxylation sites is 3. The maximum Gasteiger partial charge on any atom is 0.0772 e. The van der Waals surface area contributed by atoms with Gasteiger partial charge in [-0.05, 0) is 83.0 Å². The molecule has 0 radical (unpaired) electrons. The molecule has 218 valence electrons. The number of rotatable bonds is 3. The Morgan fingerprint density at radius 3 is 1.63 bits per heavy atom. The van der Waals surface area contributed by atoms with Crippen LogP contribution in [0.1, 0.15) is 80.6 Å². The fraction of sp³-hybridized carbons (Fsp3) is 0.244. The van der Waals surface area contributed by atoms with Gasteiger partial charge >= 0.3 is 0 Å². The highest BCUT2D eigenvalue weighted by atomic mass is 15.2. The number of aromatic nitrogens is 1. The minimum atomic E-state index is -0.481. The van der Waals surface area contributed by atoms with Crippen molar-refractivity contribution in [2.45, 2.75) is 60.8 Å². The fourth-order valence-corrected chi connectivity index (χ4v) is 7.16. The van der Waals surface area contributed by atoms with Gasteiger partial charge < -0.3 is 4.90 Å². The summed E-state index contributed by atoms with van der Waals surface area (Å²) >= 11 is 0. The van der Waals surface area contributed by atoms with Crippen molar-refractivity contribution in [1.29, 1.82) is 0 Å². The van der Waals surface area contributed by atoms with Crippen LogP contribution in [0.25, 0.3) is 11.1 Å². The van der Waals surface area contributed by atoms with Crippen LogP contribution in [-0.2, 0) is 5.41 Å². The van der Waals surface area contributed by atoms with Crippen molar-refractivity contribution < 1.29 is 0 Å². The topological polar surface area (TPSA) is 16.1 Å². The number of allylic oxidation sites excluding steroid dienone is 2. The molecule has 7 rings (SSSR count). The van der Waals surface area contributed by atoms with Crippen molar-refractivity contribution in [1.82, 2.24) is 4.98 Å². The lowest BCUT2D eigenvalue weighted by Crippen LogP contribution is -2.37. The van der Waals surface area contributed by atoms with Crippen LogP contribution in [0.15, 0.2) is 115 Å². The van der Waals surface area contributed by atoms with Crippen molar-refractivity contribution >= 4 is 28.2 Å². The van der Waals surface area contributed by atoms with Crippen LogP contribution in [0, 0.1) is 19.8 Å².